The predicted molar refractivity (Wildman–Crippen MR) is 81.8 cm³/mol. The Labute approximate surface area is 127 Å². The van der Waals surface area contributed by atoms with Crippen LogP contribution in [0.15, 0.2) is 36.4 Å². The Bertz CT molecular complexity index is 771. The maximum Gasteiger partial charge on any atom is 0.335 e. The van der Waals surface area contributed by atoms with Crippen LogP contribution < -0.4 is 21.1 Å². The zero-order valence-electron chi connectivity index (χ0n) is 11.9. The second-order valence-electron chi connectivity index (χ2n) is 4.76. The summed E-state index contributed by atoms with van der Waals surface area (Å²) in [5.74, 6) is -0.858. The van der Waals surface area contributed by atoms with Crippen LogP contribution in [0.5, 0.6) is 5.75 Å². The molecule has 0 bridgehead atoms. The van der Waals surface area contributed by atoms with E-state index in [1.54, 1.807) is 13.2 Å². The van der Waals surface area contributed by atoms with Gasteiger partial charge in [-0.15, -0.1) is 0 Å². The van der Waals surface area contributed by atoms with E-state index in [0.717, 1.165) is 11.1 Å². The molecule has 0 fully saturated rings. The van der Waals surface area contributed by atoms with Gasteiger partial charge in [0.2, 0.25) is 0 Å². The SMILES string of the molecule is COc1ccccc1-c1ccc2c(c1CN)[N]C(=O)C(=O)N2. The Morgan fingerprint density at radius 2 is 1.91 bits per heavy atom. The van der Waals surface area contributed by atoms with Crippen molar-refractivity contribution in [1.82, 2.24) is 5.32 Å². The van der Waals surface area contributed by atoms with Crippen molar-refractivity contribution in [3.63, 3.8) is 0 Å². The standard InChI is InChI=1S/C16H14N3O3/c1-22-13-5-3-2-4-10(13)9-6-7-12-14(11(9)8-17)19-16(21)15(20)18-12/h2-7H,8,17H2,1H3,(H,18,20). The predicted octanol–water partition coefficient (Wildman–Crippen LogP) is 1.54. The molecule has 0 unspecified atom stereocenters. The molecule has 0 aromatic heterocycles. The van der Waals surface area contributed by atoms with E-state index in [-0.39, 0.29) is 6.54 Å². The minimum absolute atomic E-state index is 0.184. The summed E-state index contributed by atoms with van der Waals surface area (Å²) in [7, 11) is 1.59. The molecule has 3 rings (SSSR count). The second-order valence-corrected chi connectivity index (χ2v) is 4.76. The van der Waals surface area contributed by atoms with Gasteiger partial charge in [-0.2, -0.15) is 0 Å². The largest absolute Gasteiger partial charge is 0.496 e. The normalized spacial score (nSPS) is 13.2. The van der Waals surface area contributed by atoms with Crippen molar-refractivity contribution >= 4 is 23.2 Å². The van der Waals surface area contributed by atoms with Gasteiger partial charge in [-0.1, -0.05) is 24.3 Å². The fourth-order valence-corrected chi connectivity index (χ4v) is 2.52. The third-order valence-corrected chi connectivity index (χ3v) is 3.54. The fraction of sp³-hybridized carbons (Fsp3) is 0.125. The number of methoxy groups -OCH3 is 1. The molecule has 6 heteroatoms. The van der Waals surface area contributed by atoms with Gasteiger partial charge in [-0.3, -0.25) is 9.59 Å². The second kappa shape index (κ2) is 5.50. The van der Waals surface area contributed by atoms with Crippen LogP contribution in [-0.2, 0) is 16.1 Å². The summed E-state index contributed by atoms with van der Waals surface area (Å²) >= 11 is 0. The molecule has 0 atom stereocenters. The molecule has 0 aliphatic carbocycles. The first-order valence-corrected chi connectivity index (χ1v) is 6.72. The van der Waals surface area contributed by atoms with Crippen molar-refractivity contribution in [2.75, 3.05) is 12.4 Å². The average molecular weight is 296 g/mol. The van der Waals surface area contributed by atoms with Crippen LogP contribution in [0.1, 0.15) is 5.56 Å². The van der Waals surface area contributed by atoms with Crippen LogP contribution in [-0.4, -0.2) is 18.9 Å². The van der Waals surface area contributed by atoms with Crippen molar-refractivity contribution in [3.05, 3.63) is 42.0 Å². The van der Waals surface area contributed by atoms with E-state index in [2.05, 4.69) is 10.6 Å². The maximum absolute atomic E-state index is 11.6. The number of rotatable bonds is 3. The highest BCUT2D eigenvalue weighted by molar-refractivity contribution is 6.42. The Balaban J connectivity index is 2.20. The number of hydrogen-bond acceptors (Lipinski definition) is 4. The first-order valence-electron chi connectivity index (χ1n) is 6.72. The van der Waals surface area contributed by atoms with Gasteiger partial charge in [0, 0.05) is 17.7 Å². The number of carbonyl (C=O) groups excluding carboxylic acids is 2. The molecule has 111 valence electrons. The van der Waals surface area contributed by atoms with Crippen LogP contribution in [0.4, 0.5) is 11.4 Å². The Morgan fingerprint density at radius 1 is 1.14 bits per heavy atom. The first-order chi connectivity index (χ1) is 10.7. The Kier molecular flexibility index (Phi) is 3.52. The van der Waals surface area contributed by atoms with Crippen LogP contribution in [0.25, 0.3) is 11.1 Å². The van der Waals surface area contributed by atoms with E-state index in [1.165, 1.54) is 0 Å². The Morgan fingerprint density at radius 3 is 2.64 bits per heavy atom. The zero-order chi connectivity index (χ0) is 15.7. The molecule has 0 saturated heterocycles. The zero-order valence-corrected chi connectivity index (χ0v) is 11.9. The van der Waals surface area contributed by atoms with Crippen molar-refractivity contribution in [2.24, 2.45) is 5.73 Å². The van der Waals surface area contributed by atoms with Crippen molar-refractivity contribution in [1.29, 1.82) is 0 Å². The highest BCUT2D eigenvalue weighted by atomic mass is 16.5. The number of hydrogen-bond donors (Lipinski definition) is 2. The Hall–Kier alpha value is -2.86. The summed E-state index contributed by atoms with van der Waals surface area (Å²) in [6.45, 7) is 0.184. The number of nitrogens with zero attached hydrogens (tertiary/aromatic N) is 1. The van der Waals surface area contributed by atoms with Gasteiger partial charge in [0.15, 0.2) is 0 Å². The molecule has 3 N–H and O–H groups in total. The van der Waals surface area contributed by atoms with Crippen LogP contribution in [0.3, 0.4) is 0 Å². The molecule has 2 aromatic carbocycles. The number of anilines is 1. The molecule has 0 spiro atoms. The molecule has 0 saturated carbocycles. The lowest BCUT2D eigenvalue weighted by atomic mass is 9.95. The quantitative estimate of drug-likeness (QED) is 0.840. The van der Waals surface area contributed by atoms with Crippen molar-refractivity contribution < 1.29 is 14.3 Å². The van der Waals surface area contributed by atoms with E-state index in [0.29, 0.717) is 22.7 Å². The van der Waals surface area contributed by atoms with Gasteiger partial charge in [-0.25, -0.2) is 5.32 Å². The average Bonchev–Trinajstić information content (AvgIpc) is 2.55. The molecule has 22 heavy (non-hydrogen) atoms. The minimum Gasteiger partial charge on any atom is -0.496 e. The van der Waals surface area contributed by atoms with Gasteiger partial charge in [0.05, 0.1) is 18.5 Å². The van der Waals surface area contributed by atoms with Gasteiger partial charge in [0.1, 0.15) is 5.75 Å². The molecular formula is C16H14N3O3. The van der Waals surface area contributed by atoms with E-state index in [1.807, 2.05) is 30.3 Å². The molecule has 1 heterocycles. The molecule has 6 nitrogen and oxygen atoms in total. The number of carbonyl (C=O) groups is 2. The lowest BCUT2D eigenvalue weighted by Gasteiger charge is -2.21. The number of nitrogens with two attached hydrogens (primary N) is 1. The van der Waals surface area contributed by atoms with Gasteiger partial charge in [-0.05, 0) is 17.7 Å². The summed E-state index contributed by atoms with van der Waals surface area (Å²) in [5.41, 5.74) is 9.13. The van der Waals surface area contributed by atoms with Crippen molar-refractivity contribution in [2.45, 2.75) is 6.54 Å². The van der Waals surface area contributed by atoms with Crippen LogP contribution >= 0.6 is 0 Å². The smallest absolute Gasteiger partial charge is 0.335 e. The van der Waals surface area contributed by atoms with Crippen LogP contribution in [0, 0.1) is 0 Å². The highest BCUT2D eigenvalue weighted by Crippen LogP contribution is 2.39. The first kappa shape index (κ1) is 14.1. The number of para-hydroxylation sites is 1. The molecule has 1 aliphatic rings. The highest BCUT2D eigenvalue weighted by Gasteiger charge is 2.28. The number of nitrogens with one attached hydrogen (secondary N) is 1. The third-order valence-electron chi connectivity index (χ3n) is 3.54. The van der Waals surface area contributed by atoms with Crippen molar-refractivity contribution in [3.8, 4) is 16.9 Å². The number of benzene rings is 2. The minimum atomic E-state index is -0.820. The molecule has 2 amide bonds. The van der Waals surface area contributed by atoms with Gasteiger partial charge >= 0.3 is 11.8 Å². The third kappa shape index (κ3) is 2.19. The lowest BCUT2D eigenvalue weighted by Crippen LogP contribution is -2.34. The molecular weight excluding hydrogens is 282 g/mol. The summed E-state index contributed by atoms with van der Waals surface area (Å²) in [5, 5.41) is 6.39. The van der Waals surface area contributed by atoms with Gasteiger partial charge < -0.3 is 15.8 Å². The summed E-state index contributed by atoms with van der Waals surface area (Å²) in [6, 6.07) is 11.1. The van der Waals surface area contributed by atoms with E-state index in [9.17, 15) is 9.59 Å². The molecule has 1 aliphatic heterocycles. The monoisotopic (exact) mass is 296 g/mol. The molecule has 2 aromatic rings. The number of fused-ring (bicyclic) bond motifs is 1. The number of ether oxygens (including phenoxy) is 1. The van der Waals surface area contributed by atoms with Crippen LogP contribution in [0.2, 0.25) is 0 Å². The van der Waals surface area contributed by atoms with E-state index < -0.39 is 11.8 Å². The summed E-state index contributed by atoms with van der Waals surface area (Å²) in [6.07, 6.45) is 0. The topological polar surface area (TPSA) is 95.5 Å². The maximum atomic E-state index is 11.6. The summed E-state index contributed by atoms with van der Waals surface area (Å²) < 4.78 is 5.37. The van der Waals surface area contributed by atoms with Gasteiger partial charge in [0.25, 0.3) is 0 Å². The number of amides is 2. The fourth-order valence-electron chi connectivity index (χ4n) is 2.52. The lowest BCUT2D eigenvalue weighted by molar-refractivity contribution is -0.135. The summed E-state index contributed by atoms with van der Waals surface area (Å²) in [4.78, 5) is 23.0. The van der Waals surface area contributed by atoms with E-state index in [4.69, 9.17) is 10.5 Å². The van der Waals surface area contributed by atoms with E-state index >= 15 is 0 Å². The molecule has 1 radical (unpaired) electrons.